The van der Waals surface area contributed by atoms with Gasteiger partial charge in [0.1, 0.15) is 0 Å². The number of nitrogens with one attached hydrogen (secondary N) is 1. The first-order valence-corrected chi connectivity index (χ1v) is 9.34. The zero-order valence-electron chi connectivity index (χ0n) is 16.1. The molecule has 3 heteroatoms. The van der Waals surface area contributed by atoms with Crippen LogP contribution in [0.5, 0.6) is 0 Å². The van der Waals surface area contributed by atoms with E-state index in [4.69, 9.17) is 0 Å². The van der Waals surface area contributed by atoms with Crippen LogP contribution >= 0.6 is 0 Å². The lowest BCUT2D eigenvalue weighted by Crippen LogP contribution is -2.20. The lowest BCUT2D eigenvalue weighted by Gasteiger charge is -2.19. The van der Waals surface area contributed by atoms with Crippen LogP contribution in [0.15, 0.2) is 59.7 Å². The molecule has 3 rings (SSSR count). The molecule has 1 amide bonds. The van der Waals surface area contributed by atoms with E-state index in [1.54, 1.807) is 6.21 Å². The second kappa shape index (κ2) is 7.45. The molecule has 0 aliphatic heterocycles. The van der Waals surface area contributed by atoms with Crippen molar-refractivity contribution in [2.24, 2.45) is 11.0 Å². The first-order chi connectivity index (χ1) is 12.4. The van der Waals surface area contributed by atoms with Crippen molar-refractivity contribution < 1.29 is 4.79 Å². The molecule has 1 fully saturated rings. The van der Waals surface area contributed by atoms with Crippen molar-refractivity contribution in [1.82, 2.24) is 5.43 Å². The van der Waals surface area contributed by atoms with Crippen molar-refractivity contribution in [3.8, 4) is 0 Å². The molecule has 1 saturated carbocycles. The van der Waals surface area contributed by atoms with Gasteiger partial charge in [-0.25, -0.2) is 5.43 Å². The minimum Gasteiger partial charge on any atom is -0.273 e. The third kappa shape index (κ3) is 4.40. The molecule has 0 unspecified atom stereocenters. The average molecular weight is 348 g/mol. The summed E-state index contributed by atoms with van der Waals surface area (Å²) in [6, 6.07) is 18.9. The number of amides is 1. The van der Waals surface area contributed by atoms with E-state index in [-0.39, 0.29) is 23.2 Å². The molecule has 136 valence electrons. The number of nitrogens with zero attached hydrogens (tertiary/aromatic N) is 1. The summed E-state index contributed by atoms with van der Waals surface area (Å²) in [5.74, 6) is 0.563. The number of rotatable bonds is 5. The van der Waals surface area contributed by atoms with Crippen LogP contribution < -0.4 is 5.43 Å². The fourth-order valence-electron chi connectivity index (χ4n) is 3.22. The summed E-state index contributed by atoms with van der Waals surface area (Å²) in [5.41, 5.74) is 6.63. The van der Waals surface area contributed by atoms with Gasteiger partial charge in [0.15, 0.2) is 0 Å². The SMILES string of the molecule is C[C@H](/C=N\NC(=O)[C@H]1C[C@@H]1c1ccc(C(C)(C)C)cc1)c1ccccc1. The van der Waals surface area contributed by atoms with E-state index in [9.17, 15) is 4.79 Å². The van der Waals surface area contributed by atoms with Crippen LogP contribution in [-0.4, -0.2) is 12.1 Å². The average Bonchev–Trinajstić information content (AvgIpc) is 3.42. The van der Waals surface area contributed by atoms with E-state index < -0.39 is 0 Å². The minimum absolute atomic E-state index is 0.0198. The van der Waals surface area contributed by atoms with Gasteiger partial charge in [-0.2, -0.15) is 5.10 Å². The Bertz CT molecular complexity index is 772. The van der Waals surface area contributed by atoms with Crippen LogP contribution in [0.1, 0.15) is 62.6 Å². The Morgan fingerprint density at radius 2 is 1.77 bits per heavy atom. The van der Waals surface area contributed by atoms with Gasteiger partial charge in [0.05, 0.1) is 0 Å². The van der Waals surface area contributed by atoms with Crippen LogP contribution in [0.3, 0.4) is 0 Å². The van der Waals surface area contributed by atoms with Gasteiger partial charge >= 0.3 is 0 Å². The van der Waals surface area contributed by atoms with Gasteiger partial charge in [0.2, 0.25) is 5.91 Å². The number of benzene rings is 2. The van der Waals surface area contributed by atoms with E-state index in [0.717, 1.165) is 6.42 Å². The number of hydrazone groups is 1. The minimum atomic E-state index is 0.0198. The number of hydrogen-bond acceptors (Lipinski definition) is 2. The maximum absolute atomic E-state index is 12.3. The molecule has 0 spiro atoms. The van der Waals surface area contributed by atoms with Crippen LogP contribution in [0.2, 0.25) is 0 Å². The van der Waals surface area contributed by atoms with Gasteiger partial charge in [0.25, 0.3) is 0 Å². The Morgan fingerprint density at radius 1 is 1.12 bits per heavy atom. The Morgan fingerprint density at radius 3 is 2.38 bits per heavy atom. The molecule has 2 aromatic carbocycles. The van der Waals surface area contributed by atoms with E-state index in [1.807, 2.05) is 18.2 Å². The quantitative estimate of drug-likeness (QED) is 0.600. The summed E-state index contributed by atoms with van der Waals surface area (Å²) >= 11 is 0. The van der Waals surface area contributed by atoms with E-state index >= 15 is 0 Å². The molecule has 1 aliphatic rings. The van der Waals surface area contributed by atoms with Crippen molar-refractivity contribution in [3.05, 3.63) is 71.3 Å². The summed E-state index contributed by atoms with van der Waals surface area (Å²) in [4.78, 5) is 12.3. The molecule has 2 aromatic rings. The molecular weight excluding hydrogens is 320 g/mol. The zero-order chi connectivity index (χ0) is 18.7. The monoisotopic (exact) mass is 348 g/mol. The second-order valence-electron chi connectivity index (χ2n) is 8.27. The van der Waals surface area contributed by atoms with Crippen molar-refractivity contribution >= 4 is 12.1 Å². The summed E-state index contributed by atoms with van der Waals surface area (Å²) in [7, 11) is 0. The predicted molar refractivity (Wildman–Crippen MR) is 107 cm³/mol. The van der Waals surface area contributed by atoms with E-state index in [0.29, 0.717) is 5.92 Å². The lowest BCUT2D eigenvalue weighted by molar-refractivity contribution is -0.122. The van der Waals surface area contributed by atoms with Gasteiger partial charge in [0, 0.05) is 18.1 Å². The van der Waals surface area contributed by atoms with Crippen LogP contribution in [0.4, 0.5) is 0 Å². The molecule has 0 saturated heterocycles. The molecule has 0 radical (unpaired) electrons. The standard InChI is InChI=1S/C23H28N2O/c1-16(17-8-6-5-7-9-17)15-24-25-22(26)21-14-20(21)18-10-12-19(13-11-18)23(2,3)4/h5-13,15-16,20-21H,14H2,1-4H3,(H,25,26)/b24-15-/t16-,20-,21+/m1/s1. The van der Waals surface area contributed by atoms with Gasteiger partial charge in [-0.15, -0.1) is 0 Å². The number of hydrogen-bond donors (Lipinski definition) is 1. The van der Waals surface area contributed by atoms with Crippen molar-refractivity contribution in [3.63, 3.8) is 0 Å². The van der Waals surface area contributed by atoms with Gasteiger partial charge < -0.3 is 0 Å². The predicted octanol–water partition coefficient (Wildman–Crippen LogP) is 4.99. The highest BCUT2D eigenvalue weighted by atomic mass is 16.2. The smallest absolute Gasteiger partial charge is 0.243 e. The number of carbonyl (C=O) groups excluding carboxylic acids is 1. The van der Waals surface area contributed by atoms with Crippen LogP contribution in [0, 0.1) is 5.92 Å². The van der Waals surface area contributed by atoms with Crippen LogP contribution in [-0.2, 0) is 10.2 Å². The fourth-order valence-corrected chi connectivity index (χ4v) is 3.22. The molecular formula is C23H28N2O. The number of carbonyl (C=O) groups is 1. The van der Waals surface area contributed by atoms with E-state index in [2.05, 4.69) is 74.6 Å². The molecule has 0 aromatic heterocycles. The zero-order valence-corrected chi connectivity index (χ0v) is 16.1. The van der Waals surface area contributed by atoms with Crippen molar-refractivity contribution in [2.75, 3.05) is 0 Å². The molecule has 1 N–H and O–H groups in total. The molecule has 0 heterocycles. The molecule has 1 aliphatic carbocycles. The lowest BCUT2D eigenvalue weighted by atomic mass is 9.86. The Balaban J connectivity index is 1.52. The highest BCUT2D eigenvalue weighted by molar-refractivity contribution is 5.83. The van der Waals surface area contributed by atoms with Gasteiger partial charge in [-0.3, -0.25) is 4.79 Å². The molecule has 26 heavy (non-hydrogen) atoms. The van der Waals surface area contributed by atoms with E-state index in [1.165, 1.54) is 16.7 Å². The molecule has 3 nitrogen and oxygen atoms in total. The normalized spacial score (nSPS) is 20.8. The first-order valence-electron chi connectivity index (χ1n) is 9.34. The topological polar surface area (TPSA) is 41.5 Å². The first kappa shape index (κ1) is 18.4. The largest absolute Gasteiger partial charge is 0.273 e. The Labute approximate surface area is 156 Å². The highest BCUT2D eigenvalue weighted by Crippen LogP contribution is 2.47. The third-order valence-electron chi connectivity index (χ3n) is 5.13. The summed E-state index contributed by atoms with van der Waals surface area (Å²) in [5, 5.41) is 4.16. The molecule has 3 atom stereocenters. The van der Waals surface area contributed by atoms with Crippen molar-refractivity contribution in [1.29, 1.82) is 0 Å². The summed E-state index contributed by atoms with van der Waals surface area (Å²) in [6.45, 7) is 8.71. The van der Waals surface area contributed by atoms with Gasteiger partial charge in [-0.05, 0) is 34.4 Å². The Kier molecular flexibility index (Phi) is 5.26. The van der Waals surface area contributed by atoms with Crippen molar-refractivity contribution in [2.45, 2.75) is 51.4 Å². The summed E-state index contributed by atoms with van der Waals surface area (Å²) in [6.07, 6.45) is 2.70. The molecule has 0 bridgehead atoms. The third-order valence-corrected chi connectivity index (χ3v) is 5.13. The fraction of sp³-hybridized carbons (Fsp3) is 0.391. The summed E-state index contributed by atoms with van der Waals surface area (Å²) < 4.78 is 0. The highest BCUT2D eigenvalue weighted by Gasteiger charge is 2.44. The van der Waals surface area contributed by atoms with Gasteiger partial charge in [-0.1, -0.05) is 82.3 Å². The second-order valence-corrected chi connectivity index (χ2v) is 8.27. The maximum atomic E-state index is 12.3. The Hall–Kier alpha value is -2.42. The maximum Gasteiger partial charge on any atom is 0.243 e. The van der Waals surface area contributed by atoms with Crippen LogP contribution in [0.25, 0.3) is 0 Å².